The molecule has 0 fully saturated rings. The van der Waals surface area contributed by atoms with Crippen molar-refractivity contribution in [2.24, 2.45) is 0 Å². The Morgan fingerprint density at radius 2 is 1.64 bits per heavy atom. The molecule has 2 aromatic rings. The number of anilines is 1. The summed E-state index contributed by atoms with van der Waals surface area (Å²) >= 11 is 0. The molecule has 1 unspecified atom stereocenters. The molecule has 2 aromatic carbocycles. The van der Waals surface area contributed by atoms with Gasteiger partial charge in [0, 0.05) is 5.69 Å². The Hall–Kier alpha value is -3.13. The summed E-state index contributed by atoms with van der Waals surface area (Å²) in [7, 11) is 0. The number of carbonyl (C=O) groups is 2. The van der Waals surface area contributed by atoms with Crippen LogP contribution in [0.25, 0.3) is 0 Å². The number of hydrogen-bond acceptors (Lipinski definition) is 3. The Labute approximate surface area is 128 Å². The van der Waals surface area contributed by atoms with E-state index in [9.17, 15) is 9.59 Å². The molecule has 0 saturated heterocycles. The molecule has 0 aliphatic heterocycles. The SMILES string of the molecule is CC(NC(=O)C(=O)Nc1ccc(C#N)cc1)c1ccccc1. The van der Waals surface area contributed by atoms with Crippen LogP contribution in [0.2, 0.25) is 0 Å². The molecule has 2 rings (SSSR count). The van der Waals surface area contributed by atoms with E-state index in [4.69, 9.17) is 5.26 Å². The Kier molecular flexibility index (Phi) is 4.89. The molecular formula is C17H15N3O2. The van der Waals surface area contributed by atoms with E-state index in [2.05, 4.69) is 10.6 Å². The standard InChI is InChI=1S/C17H15N3O2/c1-12(14-5-3-2-4-6-14)19-16(21)17(22)20-15-9-7-13(11-18)8-10-15/h2-10,12H,1H3,(H,19,21)(H,20,22). The number of nitrogens with one attached hydrogen (secondary N) is 2. The first kappa shape index (κ1) is 15.3. The first-order valence-electron chi connectivity index (χ1n) is 6.77. The summed E-state index contributed by atoms with van der Waals surface area (Å²) in [6, 6.07) is 17.4. The van der Waals surface area contributed by atoms with Crippen molar-refractivity contribution in [1.29, 1.82) is 5.26 Å². The van der Waals surface area contributed by atoms with E-state index in [1.165, 1.54) is 0 Å². The number of carbonyl (C=O) groups excluding carboxylic acids is 2. The molecule has 110 valence electrons. The fraction of sp³-hybridized carbons (Fsp3) is 0.118. The summed E-state index contributed by atoms with van der Waals surface area (Å²) in [6.45, 7) is 1.81. The molecule has 1 atom stereocenters. The second-order valence-electron chi connectivity index (χ2n) is 4.75. The largest absolute Gasteiger partial charge is 0.341 e. The molecular weight excluding hydrogens is 278 g/mol. The van der Waals surface area contributed by atoms with Gasteiger partial charge in [-0.3, -0.25) is 9.59 Å². The number of amides is 2. The van der Waals surface area contributed by atoms with E-state index >= 15 is 0 Å². The topological polar surface area (TPSA) is 82.0 Å². The molecule has 0 aliphatic carbocycles. The van der Waals surface area contributed by atoms with Crippen molar-refractivity contribution in [1.82, 2.24) is 5.32 Å². The van der Waals surface area contributed by atoms with Crippen LogP contribution in [0.15, 0.2) is 54.6 Å². The molecule has 0 aliphatic rings. The van der Waals surface area contributed by atoms with Crippen LogP contribution in [0, 0.1) is 11.3 Å². The highest BCUT2D eigenvalue weighted by Gasteiger charge is 2.17. The number of nitriles is 1. The maximum atomic E-state index is 11.9. The molecule has 0 saturated carbocycles. The quantitative estimate of drug-likeness (QED) is 0.852. The monoisotopic (exact) mass is 293 g/mol. The van der Waals surface area contributed by atoms with E-state index in [1.807, 2.05) is 43.3 Å². The van der Waals surface area contributed by atoms with E-state index in [0.29, 0.717) is 11.3 Å². The van der Waals surface area contributed by atoms with E-state index < -0.39 is 11.8 Å². The van der Waals surface area contributed by atoms with Crippen LogP contribution in [0.5, 0.6) is 0 Å². The maximum Gasteiger partial charge on any atom is 0.313 e. The van der Waals surface area contributed by atoms with Crippen LogP contribution in [-0.2, 0) is 9.59 Å². The minimum Gasteiger partial charge on any atom is -0.341 e. The lowest BCUT2D eigenvalue weighted by molar-refractivity contribution is -0.136. The van der Waals surface area contributed by atoms with E-state index in [0.717, 1.165) is 5.56 Å². The lowest BCUT2D eigenvalue weighted by Crippen LogP contribution is -2.36. The third kappa shape index (κ3) is 3.93. The molecule has 0 heterocycles. The summed E-state index contributed by atoms with van der Waals surface area (Å²) in [5, 5.41) is 13.8. The minimum atomic E-state index is -0.743. The van der Waals surface area contributed by atoms with Crippen molar-refractivity contribution in [2.75, 3.05) is 5.32 Å². The van der Waals surface area contributed by atoms with Gasteiger partial charge in [-0.15, -0.1) is 0 Å². The molecule has 22 heavy (non-hydrogen) atoms. The molecule has 0 aromatic heterocycles. The Balaban J connectivity index is 1.94. The average molecular weight is 293 g/mol. The first-order valence-corrected chi connectivity index (χ1v) is 6.77. The average Bonchev–Trinajstić information content (AvgIpc) is 2.56. The van der Waals surface area contributed by atoms with Gasteiger partial charge in [0.25, 0.3) is 0 Å². The number of benzene rings is 2. The van der Waals surface area contributed by atoms with Crippen molar-refractivity contribution < 1.29 is 9.59 Å². The van der Waals surface area contributed by atoms with Gasteiger partial charge in [0.05, 0.1) is 17.7 Å². The van der Waals surface area contributed by atoms with Crippen LogP contribution in [-0.4, -0.2) is 11.8 Å². The Bertz CT molecular complexity index is 703. The maximum absolute atomic E-state index is 11.9. The van der Waals surface area contributed by atoms with Crippen molar-refractivity contribution in [3.05, 3.63) is 65.7 Å². The van der Waals surface area contributed by atoms with Gasteiger partial charge in [0.15, 0.2) is 0 Å². The van der Waals surface area contributed by atoms with Gasteiger partial charge in [-0.2, -0.15) is 5.26 Å². The lowest BCUT2D eigenvalue weighted by atomic mass is 10.1. The number of hydrogen-bond donors (Lipinski definition) is 2. The zero-order chi connectivity index (χ0) is 15.9. The smallest absolute Gasteiger partial charge is 0.313 e. The van der Waals surface area contributed by atoms with E-state index in [1.54, 1.807) is 24.3 Å². The summed E-state index contributed by atoms with van der Waals surface area (Å²) in [5.41, 5.74) is 1.87. The lowest BCUT2D eigenvalue weighted by Gasteiger charge is -2.14. The fourth-order valence-corrected chi connectivity index (χ4v) is 1.90. The third-order valence-electron chi connectivity index (χ3n) is 3.13. The van der Waals surface area contributed by atoms with Crippen LogP contribution in [0.3, 0.4) is 0 Å². The highest BCUT2D eigenvalue weighted by Crippen LogP contribution is 2.12. The van der Waals surface area contributed by atoms with Crippen LogP contribution >= 0.6 is 0 Å². The van der Waals surface area contributed by atoms with Gasteiger partial charge < -0.3 is 10.6 Å². The molecule has 0 radical (unpaired) electrons. The summed E-state index contributed by atoms with van der Waals surface area (Å²) in [6.07, 6.45) is 0. The van der Waals surface area contributed by atoms with Crippen molar-refractivity contribution in [3.63, 3.8) is 0 Å². The number of nitrogens with zero attached hydrogens (tertiary/aromatic N) is 1. The van der Waals surface area contributed by atoms with Gasteiger partial charge in [-0.1, -0.05) is 30.3 Å². The van der Waals surface area contributed by atoms with E-state index in [-0.39, 0.29) is 6.04 Å². The second-order valence-corrected chi connectivity index (χ2v) is 4.75. The summed E-state index contributed by atoms with van der Waals surface area (Å²) in [4.78, 5) is 23.7. The Morgan fingerprint density at radius 1 is 1.00 bits per heavy atom. The molecule has 0 spiro atoms. The Morgan fingerprint density at radius 3 is 2.23 bits per heavy atom. The predicted octanol–water partition coefficient (Wildman–Crippen LogP) is 2.37. The van der Waals surface area contributed by atoms with Gasteiger partial charge in [-0.25, -0.2) is 0 Å². The molecule has 2 N–H and O–H groups in total. The van der Waals surface area contributed by atoms with Gasteiger partial charge in [0.1, 0.15) is 0 Å². The number of rotatable bonds is 3. The van der Waals surface area contributed by atoms with Crippen LogP contribution in [0.1, 0.15) is 24.1 Å². The molecule has 5 heteroatoms. The third-order valence-corrected chi connectivity index (χ3v) is 3.13. The highest BCUT2D eigenvalue weighted by atomic mass is 16.2. The molecule has 0 bridgehead atoms. The minimum absolute atomic E-state index is 0.264. The highest BCUT2D eigenvalue weighted by molar-refractivity contribution is 6.39. The van der Waals surface area contributed by atoms with Gasteiger partial charge in [-0.05, 0) is 36.8 Å². The van der Waals surface area contributed by atoms with Crippen LogP contribution in [0.4, 0.5) is 5.69 Å². The van der Waals surface area contributed by atoms with Crippen molar-refractivity contribution in [3.8, 4) is 6.07 Å². The summed E-state index contributed by atoms with van der Waals surface area (Å²) in [5.74, 6) is -1.45. The normalized spacial score (nSPS) is 11.1. The van der Waals surface area contributed by atoms with Gasteiger partial charge in [0.2, 0.25) is 0 Å². The first-order chi connectivity index (χ1) is 10.6. The summed E-state index contributed by atoms with van der Waals surface area (Å²) < 4.78 is 0. The predicted molar refractivity (Wildman–Crippen MR) is 82.8 cm³/mol. The zero-order valence-corrected chi connectivity index (χ0v) is 12.0. The van der Waals surface area contributed by atoms with Crippen LogP contribution < -0.4 is 10.6 Å². The fourth-order valence-electron chi connectivity index (χ4n) is 1.90. The second kappa shape index (κ2) is 7.04. The molecule has 5 nitrogen and oxygen atoms in total. The van der Waals surface area contributed by atoms with Crippen molar-refractivity contribution in [2.45, 2.75) is 13.0 Å². The van der Waals surface area contributed by atoms with Gasteiger partial charge >= 0.3 is 11.8 Å². The zero-order valence-electron chi connectivity index (χ0n) is 12.0. The van der Waals surface area contributed by atoms with Crippen molar-refractivity contribution >= 4 is 17.5 Å². The molecule has 2 amide bonds.